The van der Waals surface area contributed by atoms with Gasteiger partial charge in [-0.05, 0) is 47.0 Å². The summed E-state index contributed by atoms with van der Waals surface area (Å²) in [5.74, 6) is 0.315. The molecule has 4 heteroatoms. The van der Waals surface area contributed by atoms with Crippen molar-refractivity contribution in [2.75, 3.05) is 0 Å². The molecule has 0 unspecified atom stereocenters. The lowest BCUT2D eigenvalue weighted by Gasteiger charge is -2.11. The third kappa shape index (κ3) is 2.71. The van der Waals surface area contributed by atoms with Gasteiger partial charge >= 0.3 is 0 Å². The molecule has 2 aromatic heterocycles. The maximum atomic E-state index is 10.8. The van der Waals surface area contributed by atoms with Crippen LogP contribution in [-0.4, -0.2) is 16.4 Å². The molecule has 0 spiro atoms. The van der Waals surface area contributed by atoms with Crippen molar-refractivity contribution in [1.82, 2.24) is 4.98 Å². The largest absolute Gasteiger partial charge is 0.507 e. The Balaban J connectivity index is 1.82. The number of rotatable bonds is 3. The summed E-state index contributed by atoms with van der Waals surface area (Å²) in [6.07, 6.45) is 2.68. The fourth-order valence-corrected chi connectivity index (χ4v) is 3.72. The number of benzene rings is 2. The third-order valence-corrected chi connectivity index (χ3v) is 5.17. The first-order valence-electron chi connectivity index (χ1n) is 7.89. The minimum absolute atomic E-state index is 0.315. The van der Waals surface area contributed by atoms with Gasteiger partial charge in [-0.1, -0.05) is 30.3 Å². The van der Waals surface area contributed by atoms with Crippen LogP contribution in [-0.2, 0) is 0 Å². The highest BCUT2D eigenvalue weighted by Crippen LogP contribution is 2.36. The lowest BCUT2D eigenvalue weighted by atomic mass is 9.97. The van der Waals surface area contributed by atoms with Crippen LogP contribution < -0.4 is 0 Å². The second kappa shape index (κ2) is 6.15. The van der Waals surface area contributed by atoms with Crippen LogP contribution in [0.4, 0.5) is 0 Å². The Morgan fingerprint density at radius 3 is 2.52 bits per heavy atom. The average Bonchev–Trinajstić information content (AvgIpc) is 3.14. The van der Waals surface area contributed by atoms with Crippen LogP contribution in [0.5, 0.6) is 5.75 Å². The van der Waals surface area contributed by atoms with E-state index in [1.54, 1.807) is 0 Å². The van der Waals surface area contributed by atoms with Crippen molar-refractivity contribution in [3.63, 3.8) is 0 Å². The van der Waals surface area contributed by atoms with Crippen molar-refractivity contribution in [3.8, 4) is 28.1 Å². The number of thiophene rings is 1. The molecule has 0 saturated carbocycles. The van der Waals surface area contributed by atoms with Crippen molar-refractivity contribution < 1.29 is 9.90 Å². The molecule has 25 heavy (non-hydrogen) atoms. The van der Waals surface area contributed by atoms with E-state index in [2.05, 4.69) is 4.98 Å². The standard InChI is InChI=1S/C21H15NO2S/c1-13-8-19(17-4-2-3-5-18(17)21(13)24)20-7-6-14(10-22-20)15-9-16(11-23)25-12-15/h2-12,24H,1H3. The van der Waals surface area contributed by atoms with Crippen LogP contribution in [0.15, 0.2) is 60.1 Å². The lowest BCUT2D eigenvalue weighted by Crippen LogP contribution is -1.89. The molecule has 0 saturated heterocycles. The van der Waals surface area contributed by atoms with E-state index in [-0.39, 0.29) is 0 Å². The van der Waals surface area contributed by atoms with Gasteiger partial charge in [0.25, 0.3) is 0 Å². The van der Waals surface area contributed by atoms with E-state index in [1.165, 1.54) is 11.3 Å². The summed E-state index contributed by atoms with van der Waals surface area (Å²) < 4.78 is 0. The van der Waals surface area contributed by atoms with Crippen molar-refractivity contribution >= 4 is 28.4 Å². The van der Waals surface area contributed by atoms with Crippen LogP contribution in [0.1, 0.15) is 15.2 Å². The summed E-state index contributed by atoms with van der Waals surface area (Å²) in [7, 11) is 0. The number of hydrogen-bond donors (Lipinski definition) is 1. The Morgan fingerprint density at radius 1 is 1.04 bits per heavy atom. The number of fused-ring (bicyclic) bond motifs is 1. The smallest absolute Gasteiger partial charge is 0.160 e. The third-order valence-electron chi connectivity index (χ3n) is 4.32. The average molecular weight is 345 g/mol. The second-order valence-electron chi connectivity index (χ2n) is 5.92. The number of nitrogens with zero attached hydrogens (tertiary/aromatic N) is 1. The fourth-order valence-electron chi connectivity index (χ4n) is 3.00. The normalized spacial score (nSPS) is 10.9. The topological polar surface area (TPSA) is 50.2 Å². The second-order valence-corrected chi connectivity index (χ2v) is 6.87. The number of hydrogen-bond acceptors (Lipinski definition) is 4. The van der Waals surface area contributed by atoms with Crippen molar-refractivity contribution in [2.24, 2.45) is 0 Å². The molecule has 0 radical (unpaired) electrons. The predicted molar refractivity (Wildman–Crippen MR) is 102 cm³/mol. The Morgan fingerprint density at radius 2 is 1.84 bits per heavy atom. The van der Waals surface area contributed by atoms with E-state index in [0.717, 1.165) is 45.0 Å². The molecule has 2 aromatic carbocycles. The highest BCUT2D eigenvalue weighted by Gasteiger charge is 2.11. The van der Waals surface area contributed by atoms with Crippen molar-refractivity contribution in [2.45, 2.75) is 6.92 Å². The number of carbonyl (C=O) groups excluding carboxylic acids is 1. The van der Waals surface area contributed by atoms with Gasteiger partial charge in [0.2, 0.25) is 0 Å². The molecule has 1 N–H and O–H groups in total. The first-order valence-corrected chi connectivity index (χ1v) is 8.77. The highest BCUT2D eigenvalue weighted by molar-refractivity contribution is 7.12. The molecule has 2 heterocycles. The van der Waals surface area contributed by atoms with E-state index >= 15 is 0 Å². The SMILES string of the molecule is Cc1cc(-c2ccc(-c3csc(C=O)c3)cn2)c2ccccc2c1O. The van der Waals surface area contributed by atoms with Crippen molar-refractivity contribution in [3.05, 3.63) is 70.5 Å². The van der Waals surface area contributed by atoms with Crippen molar-refractivity contribution in [1.29, 1.82) is 0 Å². The first kappa shape index (κ1) is 15.5. The van der Waals surface area contributed by atoms with Crippen LogP contribution in [0.2, 0.25) is 0 Å². The van der Waals surface area contributed by atoms with Crippen LogP contribution in [0, 0.1) is 6.92 Å². The molecule has 4 aromatic rings. The molecule has 0 amide bonds. The molecule has 0 bridgehead atoms. The summed E-state index contributed by atoms with van der Waals surface area (Å²) in [4.78, 5) is 16.2. The molecule has 0 fully saturated rings. The number of aryl methyl sites for hydroxylation is 1. The number of aromatic hydroxyl groups is 1. The summed E-state index contributed by atoms with van der Waals surface area (Å²) in [5, 5.41) is 14.1. The minimum atomic E-state index is 0.315. The minimum Gasteiger partial charge on any atom is -0.507 e. The predicted octanol–water partition coefficient (Wildman–Crippen LogP) is 5.46. The maximum Gasteiger partial charge on any atom is 0.160 e. The number of aldehydes is 1. The van der Waals surface area contributed by atoms with Crippen LogP contribution in [0.25, 0.3) is 33.2 Å². The van der Waals surface area contributed by atoms with Gasteiger partial charge < -0.3 is 5.11 Å². The molecule has 0 atom stereocenters. The van der Waals surface area contributed by atoms with E-state index in [4.69, 9.17) is 0 Å². The zero-order chi connectivity index (χ0) is 17.4. The molecular weight excluding hydrogens is 330 g/mol. The van der Waals surface area contributed by atoms with Gasteiger partial charge in [0.1, 0.15) is 5.75 Å². The van der Waals surface area contributed by atoms with Crippen LogP contribution >= 0.6 is 11.3 Å². The van der Waals surface area contributed by atoms with E-state index in [9.17, 15) is 9.90 Å². The monoisotopic (exact) mass is 345 g/mol. The van der Waals surface area contributed by atoms with E-state index in [0.29, 0.717) is 10.6 Å². The summed E-state index contributed by atoms with van der Waals surface area (Å²) in [5.41, 5.74) is 4.66. The zero-order valence-electron chi connectivity index (χ0n) is 13.6. The molecular formula is C21H15NO2S. The first-order chi connectivity index (χ1) is 12.2. The van der Waals surface area contributed by atoms with Gasteiger partial charge in [-0.3, -0.25) is 9.78 Å². The Bertz CT molecular complexity index is 1080. The highest BCUT2D eigenvalue weighted by atomic mass is 32.1. The van der Waals surface area contributed by atoms with Gasteiger partial charge in [0.15, 0.2) is 6.29 Å². The number of pyridine rings is 1. The number of phenolic OH excluding ortho intramolecular Hbond substituents is 1. The Labute approximate surface area is 149 Å². The fraction of sp³-hybridized carbons (Fsp3) is 0.0476. The molecule has 0 aliphatic carbocycles. The quantitative estimate of drug-likeness (QED) is 0.502. The van der Waals surface area contributed by atoms with Gasteiger partial charge in [-0.2, -0.15) is 0 Å². The Kier molecular flexibility index (Phi) is 3.82. The van der Waals surface area contributed by atoms with E-state index in [1.807, 2.05) is 67.0 Å². The lowest BCUT2D eigenvalue weighted by molar-refractivity contribution is 0.112. The molecule has 0 aliphatic heterocycles. The number of carbonyl (C=O) groups is 1. The summed E-state index contributed by atoms with van der Waals surface area (Å²) >= 11 is 1.43. The number of phenols is 1. The molecule has 0 aliphatic rings. The van der Waals surface area contributed by atoms with Gasteiger partial charge in [0, 0.05) is 22.7 Å². The van der Waals surface area contributed by atoms with Gasteiger partial charge in [-0.15, -0.1) is 11.3 Å². The zero-order valence-corrected chi connectivity index (χ0v) is 14.4. The summed E-state index contributed by atoms with van der Waals surface area (Å²) in [6, 6.07) is 15.6. The maximum absolute atomic E-state index is 10.8. The molecule has 4 rings (SSSR count). The van der Waals surface area contributed by atoms with Crippen LogP contribution in [0.3, 0.4) is 0 Å². The van der Waals surface area contributed by atoms with Gasteiger partial charge in [-0.25, -0.2) is 0 Å². The summed E-state index contributed by atoms with van der Waals surface area (Å²) in [6.45, 7) is 1.89. The number of aromatic nitrogens is 1. The molecule has 122 valence electrons. The van der Waals surface area contributed by atoms with E-state index < -0.39 is 0 Å². The molecule has 3 nitrogen and oxygen atoms in total. The van der Waals surface area contributed by atoms with Gasteiger partial charge in [0.05, 0.1) is 10.6 Å². The Hall–Kier alpha value is -2.98.